The lowest BCUT2D eigenvalue weighted by Crippen LogP contribution is -2.22. The second-order valence-corrected chi connectivity index (χ2v) is 4.11. The van der Waals surface area contributed by atoms with Gasteiger partial charge in [0.05, 0.1) is 14.2 Å². The number of benzene rings is 1. The van der Waals surface area contributed by atoms with Crippen LogP contribution in [0.5, 0.6) is 11.5 Å². The molecule has 0 aliphatic carbocycles. The lowest BCUT2D eigenvalue weighted by molar-refractivity contribution is -0.121. The van der Waals surface area contributed by atoms with Crippen molar-refractivity contribution >= 4 is 5.91 Å². The maximum absolute atomic E-state index is 11.4. The van der Waals surface area contributed by atoms with E-state index in [0.717, 1.165) is 29.0 Å². The fraction of sp³-hybridized carbons (Fsp3) is 0.500. The van der Waals surface area contributed by atoms with Crippen LogP contribution in [0.3, 0.4) is 0 Å². The number of nitrogens with one attached hydrogen (secondary N) is 1. The molecule has 1 aromatic carbocycles. The first kappa shape index (κ1) is 14.4. The van der Waals surface area contributed by atoms with Gasteiger partial charge in [-0.1, -0.05) is 6.92 Å². The fourth-order valence-electron chi connectivity index (χ4n) is 1.88. The minimum absolute atomic E-state index is 0.0630. The lowest BCUT2D eigenvalue weighted by Gasteiger charge is -2.14. The Morgan fingerprint density at radius 1 is 1.28 bits per heavy atom. The molecule has 0 aliphatic rings. The van der Waals surface area contributed by atoms with Gasteiger partial charge >= 0.3 is 0 Å². The topological polar surface area (TPSA) is 47.6 Å². The van der Waals surface area contributed by atoms with E-state index in [1.807, 2.05) is 26.0 Å². The van der Waals surface area contributed by atoms with Gasteiger partial charge in [0.15, 0.2) is 0 Å². The fourth-order valence-corrected chi connectivity index (χ4v) is 1.88. The molecule has 100 valence electrons. The molecule has 18 heavy (non-hydrogen) atoms. The van der Waals surface area contributed by atoms with Gasteiger partial charge in [-0.05, 0) is 25.5 Å². The predicted molar refractivity (Wildman–Crippen MR) is 71.0 cm³/mol. The molecule has 1 aromatic rings. The van der Waals surface area contributed by atoms with Crippen LogP contribution in [0.1, 0.15) is 30.9 Å². The third-order valence-corrected chi connectivity index (χ3v) is 2.81. The molecule has 0 bridgehead atoms. The minimum Gasteiger partial charge on any atom is -0.496 e. The summed E-state index contributed by atoms with van der Waals surface area (Å²) < 4.78 is 10.6. The minimum atomic E-state index is 0.0630. The van der Waals surface area contributed by atoms with Crippen molar-refractivity contribution in [3.8, 4) is 11.5 Å². The maximum Gasteiger partial charge on any atom is 0.220 e. The number of amides is 1. The van der Waals surface area contributed by atoms with E-state index in [1.54, 1.807) is 14.2 Å². The van der Waals surface area contributed by atoms with Crippen LogP contribution in [-0.4, -0.2) is 20.1 Å². The molecule has 4 nitrogen and oxygen atoms in total. The van der Waals surface area contributed by atoms with E-state index in [2.05, 4.69) is 5.32 Å². The molecule has 0 spiro atoms. The van der Waals surface area contributed by atoms with E-state index >= 15 is 0 Å². The molecular weight excluding hydrogens is 230 g/mol. The molecule has 0 aromatic heterocycles. The summed E-state index contributed by atoms with van der Waals surface area (Å²) in [5.41, 5.74) is 1.91. The summed E-state index contributed by atoms with van der Waals surface area (Å²) in [5.74, 6) is 1.62. The van der Waals surface area contributed by atoms with Crippen LogP contribution < -0.4 is 14.8 Å². The highest BCUT2D eigenvalue weighted by molar-refractivity contribution is 5.75. The van der Waals surface area contributed by atoms with Gasteiger partial charge in [0.25, 0.3) is 0 Å². The Hall–Kier alpha value is -1.71. The van der Waals surface area contributed by atoms with Crippen LogP contribution in [0.25, 0.3) is 0 Å². The average molecular weight is 251 g/mol. The summed E-state index contributed by atoms with van der Waals surface area (Å²) in [7, 11) is 3.25. The van der Waals surface area contributed by atoms with Crippen molar-refractivity contribution in [2.24, 2.45) is 0 Å². The lowest BCUT2D eigenvalue weighted by atomic mass is 10.1. The van der Waals surface area contributed by atoms with Gasteiger partial charge in [-0.3, -0.25) is 4.79 Å². The molecular formula is C14H21NO3. The molecule has 0 unspecified atom stereocenters. The molecule has 0 radical (unpaired) electrons. The number of methoxy groups -OCH3 is 2. The first-order valence-corrected chi connectivity index (χ1v) is 6.11. The third-order valence-electron chi connectivity index (χ3n) is 2.81. The first-order valence-electron chi connectivity index (χ1n) is 6.11. The van der Waals surface area contributed by atoms with Crippen LogP contribution in [0.4, 0.5) is 0 Å². The normalized spacial score (nSPS) is 10.0. The van der Waals surface area contributed by atoms with Gasteiger partial charge in [0.1, 0.15) is 11.5 Å². The number of carbonyl (C=O) groups excluding carboxylic acids is 1. The van der Waals surface area contributed by atoms with E-state index in [1.165, 1.54) is 0 Å². The highest BCUT2D eigenvalue weighted by atomic mass is 16.5. The van der Waals surface area contributed by atoms with Gasteiger partial charge in [-0.15, -0.1) is 0 Å². The third kappa shape index (κ3) is 3.39. The van der Waals surface area contributed by atoms with Gasteiger partial charge in [0, 0.05) is 24.1 Å². The van der Waals surface area contributed by atoms with Crippen molar-refractivity contribution in [3.63, 3.8) is 0 Å². The van der Waals surface area contributed by atoms with Crippen LogP contribution in [0, 0.1) is 6.92 Å². The zero-order valence-electron chi connectivity index (χ0n) is 11.5. The van der Waals surface area contributed by atoms with Crippen LogP contribution >= 0.6 is 0 Å². The van der Waals surface area contributed by atoms with Crippen molar-refractivity contribution in [2.75, 3.05) is 14.2 Å². The molecule has 0 saturated heterocycles. The Labute approximate surface area is 108 Å². The van der Waals surface area contributed by atoms with E-state index in [9.17, 15) is 4.79 Å². The molecule has 0 saturated carbocycles. The van der Waals surface area contributed by atoms with Gasteiger partial charge in [-0.25, -0.2) is 0 Å². The quantitative estimate of drug-likeness (QED) is 0.844. The molecule has 0 aliphatic heterocycles. The highest BCUT2D eigenvalue weighted by Crippen LogP contribution is 2.31. The largest absolute Gasteiger partial charge is 0.496 e. The Kier molecular flexibility index (Phi) is 5.49. The van der Waals surface area contributed by atoms with Gasteiger partial charge < -0.3 is 14.8 Å². The number of hydrogen-bond acceptors (Lipinski definition) is 3. The summed E-state index contributed by atoms with van der Waals surface area (Å²) in [6.45, 7) is 4.40. The van der Waals surface area contributed by atoms with Crippen molar-refractivity contribution in [1.29, 1.82) is 0 Å². The number of rotatable bonds is 6. The number of hydrogen-bond donors (Lipinski definition) is 1. The number of carbonyl (C=O) groups is 1. The monoisotopic (exact) mass is 251 g/mol. The molecule has 1 amide bonds. The molecule has 1 N–H and O–H groups in total. The summed E-state index contributed by atoms with van der Waals surface area (Å²) in [5, 5.41) is 2.88. The Balaban J connectivity index is 2.83. The van der Waals surface area contributed by atoms with Crippen LogP contribution in [0.15, 0.2) is 12.1 Å². The molecule has 4 heteroatoms. The summed E-state index contributed by atoms with van der Waals surface area (Å²) in [4.78, 5) is 11.4. The smallest absolute Gasteiger partial charge is 0.220 e. The van der Waals surface area contributed by atoms with E-state index in [0.29, 0.717) is 13.0 Å². The Morgan fingerprint density at radius 2 is 2.00 bits per heavy atom. The van der Waals surface area contributed by atoms with E-state index in [-0.39, 0.29) is 5.91 Å². The summed E-state index contributed by atoms with van der Waals surface area (Å²) in [6.07, 6.45) is 1.40. The predicted octanol–water partition coefficient (Wildman–Crippen LogP) is 2.43. The maximum atomic E-state index is 11.4. The zero-order chi connectivity index (χ0) is 13.5. The van der Waals surface area contributed by atoms with Crippen molar-refractivity contribution in [3.05, 3.63) is 23.3 Å². The molecule has 0 atom stereocenters. The highest BCUT2D eigenvalue weighted by Gasteiger charge is 2.11. The standard InChI is InChI=1S/C14H21NO3/c1-5-6-13(16)15-9-11-7-8-12(17-3)10(2)14(11)18-4/h7-8H,5-6,9H2,1-4H3,(H,15,16). The Morgan fingerprint density at radius 3 is 2.56 bits per heavy atom. The van der Waals surface area contributed by atoms with Gasteiger partial charge in [-0.2, -0.15) is 0 Å². The molecule has 1 rings (SSSR count). The Bertz CT molecular complexity index is 416. The summed E-state index contributed by atoms with van der Waals surface area (Å²) >= 11 is 0. The summed E-state index contributed by atoms with van der Waals surface area (Å²) in [6, 6.07) is 3.80. The van der Waals surface area contributed by atoms with Crippen molar-refractivity contribution in [1.82, 2.24) is 5.32 Å². The molecule has 0 fully saturated rings. The van der Waals surface area contributed by atoms with Gasteiger partial charge in [0.2, 0.25) is 5.91 Å². The van der Waals surface area contributed by atoms with Crippen LogP contribution in [-0.2, 0) is 11.3 Å². The van der Waals surface area contributed by atoms with Crippen molar-refractivity contribution in [2.45, 2.75) is 33.2 Å². The SMILES string of the molecule is CCCC(=O)NCc1ccc(OC)c(C)c1OC. The average Bonchev–Trinajstić information content (AvgIpc) is 2.36. The first-order chi connectivity index (χ1) is 8.63. The van der Waals surface area contributed by atoms with Crippen LogP contribution in [0.2, 0.25) is 0 Å². The van der Waals surface area contributed by atoms with E-state index < -0.39 is 0 Å². The second kappa shape index (κ2) is 6.89. The second-order valence-electron chi connectivity index (χ2n) is 4.11. The number of ether oxygens (including phenoxy) is 2. The molecule has 0 heterocycles. The van der Waals surface area contributed by atoms with Crippen molar-refractivity contribution < 1.29 is 14.3 Å². The zero-order valence-corrected chi connectivity index (χ0v) is 11.5. The van der Waals surface area contributed by atoms with E-state index in [4.69, 9.17) is 9.47 Å².